The van der Waals surface area contributed by atoms with Gasteiger partial charge in [0.1, 0.15) is 0 Å². The molecule has 0 aromatic heterocycles. The van der Waals surface area contributed by atoms with E-state index >= 15 is 0 Å². The summed E-state index contributed by atoms with van der Waals surface area (Å²) in [6.45, 7) is 7.46. The largest absolute Gasteiger partial charge is 0.473 e. The molecule has 0 radical (unpaired) electrons. The molecule has 0 atom stereocenters. The molecule has 1 aliphatic heterocycles. The first kappa shape index (κ1) is 23.4. The van der Waals surface area contributed by atoms with Crippen molar-refractivity contribution in [3.63, 3.8) is 0 Å². The van der Waals surface area contributed by atoms with Crippen LogP contribution in [-0.4, -0.2) is 58.2 Å². The van der Waals surface area contributed by atoms with Crippen LogP contribution in [0.1, 0.15) is 32.3 Å². The number of aliphatic carboxylic acids is 2. The van der Waals surface area contributed by atoms with Gasteiger partial charge >= 0.3 is 11.9 Å². The second-order valence-corrected chi connectivity index (χ2v) is 8.82. The minimum atomic E-state index is -1.82. The summed E-state index contributed by atoms with van der Waals surface area (Å²) in [7, 11) is 0. The molecular weight excluding hydrogens is 382 g/mol. The number of thioether (sulfide) groups is 2. The molecular formula is C20H27NO4S2. The Morgan fingerprint density at radius 2 is 1.59 bits per heavy atom. The van der Waals surface area contributed by atoms with Gasteiger partial charge in [-0.1, -0.05) is 56.0 Å². The number of carbonyl (C=O) groups is 2. The zero-order chi connectivity index (χ0) is 20.1. The monoisotopic (exact) mass is 409 g/mol. The van der Waals surface area contributed by atoms with Crippen molar-refractivity contribution in [2.75, 3.05) is 31.1 Å². The maximum Gasteiger partial charge on any atom is 0.414 e. The minimum absolute atomic E-state index is 0.149. The third kappa shape index (κ3) is 8.29. The van der Waals surface area contributed by atoms with Crippen molar-refractivity contribution >= 4 is 35.5 Å². The molecule has 1 aliphatic rings. The first-order valence-corrected chi connectivity index (χ1v) is 10.9. The Hall–Kier alpha value is -1.62. The maximum absolute atomic E-state index is 9.10. The van der Waals surface area contributed by atoms with E-state index in [-0.39, 0.29) is 4.08 Å². The van der Waals surface area contributed by atoms with Gasteiger partial charge in [-0.2, -0.15) is 0 Å². The Balaban J connectivity index is 0.000000527. The molecule has 2 rings (SSSR count). The smallest absolute Gasteiger partial charge is 0.414 e. The zero-order valence-electron chi connectivity index (χ0n) is 15.8. The van der Waals surface area contributed by atoms with Crippen LogP contribution in [0.25, 0.3) is 0 Å². The molecule has 1 saturated heterocycles. The second-order valence-electron chi connectivity index (χ2n) is 5.77. The van der Waals surface area contributed by atoms with Gasteiger partial charge in [0, 0.05) is 6.42 Å². The van der Waals surface area contributed by atoms with Crippen molar-refractivity contribution in [1.29, 1.82) is 0 Å². The summed E-state index contributed by atoms with van der Waals surface area (Å²) < 4.78 is 0.149. The van der Waals surface area contributed by atoms with Crippen LogP contribution in [0.3, 0.4) is 0 Å². The Kier molecular flexibility index (Phi) is 11.0. The molecule has 0 amide bonds. The van der Waals surface area contributed by atoms with Crippen LogP contribution in [0.4, 0.5) is 0 Å². The highest BCUT2D eigenvalue weighted by Crippen LogP contribution is 2.52. The fourth-order valence-corrected chi connectivity index (χ4v) is 5.64. The molecule has 7 heteroatoms. The van der Waals surface area contributed by atoms with Crippen molar-refractivity contribution in [3.05, 3.63) is 35.9 Å². The standard InChI is InChI=1S/C18H25NS2.C2H2O4/c1-3-19(4-2)14-9-8-13-18(20-15-10-16-21-18)17-11-6-5-7-12-17;3-1(4)2(5)6/h5-7,11-12H,3-4,10,13-16H2,1-2H3;(H,3,4)(H,5,6). The molecule has 0 bridgehead atoms. The molecule has 0 unspecified atom stereocenters. The van der Waals surface area contributed by atoms with E-state index < -0.39 is 11.9 Å². The summed E-state index contributed by atoms with van der Waals surface area (Å²) in [4.78, 5) is 20.6. The van der Waals surface area contributed by atoms with Gasteiger partial charge in [-0.15, -0.1) is 23.5 Å². The van der Waals surface area contributed by atoms with Crippen molar-refractivity contribution in [1.82, 2.24) is 4.90 Å². The molecule has 0 spiro atoms. The lowest BCUT2D eigenvalue weighted by molar-refractivity contribution is -0.159. The summed E-state index contributed by atoms with van der Waals surface area (Å²) in [6, 6.07) is 10.9. The van der Waals surface area contributed by atoms with Gasteiger partial charge in [0.25, 0.3) is 0 Å². The SMILES string of the molecule is CCN(CC)CC#CCC1(c2ccccc2)SCCCS1.O=C(O)C(=O)O. The van der Waals surface area contributed by atoms with Crippen LogP contribution in [0.5, 0.6) is 0 Å². The number of rotatable bonds is 5. The van der Waals surface area contributed by atoms with E-state index in [1.54, 1.807) is 0 Å². The Bertz CT molecular complexity index is 633. The third-order valence-electron chi connectivity index (χ3n) is 4.00. The van der Waals surface area contributed by atoms with Gasteiger partial charge in [-0.3, -0.25) is 4.90 Å². The highest BCUT2D eigenvalue weighted by atomic mass is 32.2. The third-order valence-corrected chi connectivity index (χ3v) is 7.38. The predicted octanol–water partition coefficient (Wildman–Crippen LogP) is 3.60. The molecule has 1 fully saturated rings. The molecule has 148 valence electrons. The lowest BCUT2D eigenvalue weighted by atomic mass is 10.1. The van der Waals surface area contributed by atoms with Gasteiger partial charge in [0.05, 0.1) is 10.6 Å². The first-order valence-electron chi connectivity index (χ1n) is 8.93. The average Bonchev–Trinajstić information content (AvgIpc) is 2.70. The van der Waals surface area contributed by atoms with Gasteiger partial charge in [0.2, 0.25) is 0 Å². The molecule has 2 N–H and O–H groups in total. The summed E-state index contributed by atoms with van der Waals surface area (Å²) in [5.74, 6) is 5.69. The van der Waals surface area contributed by atoms with E-state index in [2.05, 4.69) is 84.4 Å². The van der Waals surface area contributed by atoms with Gasteiger partial charge in [-0.05, 0) is 36.6 Å². The number of benzene rings is 1. The van der Waals surface area contributed by atoms with Gasteiger partial charge in [0.15, 0.2) is 0 Å². The Morgan fingerprint density at radius 1 is 1.04 bits per heavy atom. The predicted molar refractivity (Wildman–Crippen MR) is 113 cm³/mol. The summed E-state index contributed by atoms with van der Waals surface area (Å²) >= 11 is 4.16. The zero-order valence-corrected chi connectivity index (χ0v) is 17.4. The van der Waals surface area contributed by atoms with Crippen LogP contribution in [0.15, 0.2) is 30.3 Å². The Morgan fingerprint density at radius 3 is 2.07 bits per heavy atom. The van der Waals surface area contributed by atoms with Gasteiger partial charge in [-0.25, -0.2) is 9.59 Å². The fraction of sp³-hybridized carbons (Fsp3) is 0.500. The van der Waals surface area contributed by atoms with Crippen LogP contribution < -0.4 is 0 Å². The molecule has 0 saturated carbocycles. The highest BCUT2D eigenvalue weighted by Gasteiger charge is 2.34. The number of nitrogens with zero attached hydrogens (tertiary/aromatic N) is 1. The van der Waals surface area contributed by atoms with Crippen molar-refractivity contribution in [2.24, 2.45) is 0 Å². The highest BCUT2D eigenvalue weighted by molar-refractivity contribution is 8.18. The number of hydrogen-bond donors (Lipinski definition) is 2. The van der Waals surface area contributed by atoms with Crippen LogP contribution in [-0.2, 0) is 13.7 Å². The van der Waals surface area contributed by atoms with Crippen LogP contribution in [0.2, 0.25) is 0 Å². The molecule has 1 heterocycles. The lowest BCUT2D eigenvalue weighted by Gasteiger charge is -2.35. The summed E-state index contributed by atoms with van der Waals surface area (Å²) in [6.07, 6.45) is 2.27. The molecule has 0 aliphatic carbocycles. The van der Waals surface area contributed by atoms with Crippen molar-refractivity contribution in [3.8, 4) is 11.8 Å². The first-order chi connectivity index (χ1) is 12.9. The molecule has 1 aromatic rings. The Labute approximate surface area is 169 Å². The van der Waals surface area contributed by atoms with E-state index in [0.717, 1.165) is 26.1 Å². The van der Waals surface area contributed by atoms with E-state index in [4.69, 9.17) is 19.8 Å². The van der Waals surface area contributed by atoms with Gasteiger partial charge < -0.3 is 10.2 Å². The molecule has 5 nitrogen and oxygen atoms in total. The number of carboxylic acid groups (broad SMARTS) is 2. The lowest BCUT2D eigenvalue weighted by Crippen LogP contribution is -2.24. The number of carboxylic acids is 2. The van der Waals surface area contributed by atoms with Crippen LogP contribution >= 0.6 is 23.5 Å². The molecule has 27 heavy (non-hydrogen) atoms. The van der Waals surface area contributed by atoms with Crippen molar-refractivity contribution in [2.45, 2.75) is 30.8 Å². The fourth-order valence-electron chi connectivity index (χ4n) is 2.43. The van der Waals surface area contributed by atoms with E-state index in [9.17, 15) is 0 Å². The average molecular weight is 410 g/mol. The van der Waals surface area contributed by atoms with Crippen LogP contribution in [0, 0.1) is 11.8 Å². The number of hydrogen-bond acceptors (Lipinski definition) is 5. The minimum Gasteiger partial charge on any atom is -0.473 e. The summed E-state index contributed by atoms with van der Waals surface area (Å²) in [5, 5.41) is 14.8. The maximum atomic E-state index is 9.10. The topological polar surface area (TPSA) is 77.8 Å². The summed E-state index contributed by atoms with van der Waals surface area (Å²) in [5.41, 5.74) is 1.43. The quantitative estimate of drug-likeness (QED) is 0.568. The molecule has 1 aromatic carbocycles. The van der Waals surface area contributed by atoms with Crippen molar-refractivity contribution < 1.29 is 19.8 Å². The van der Waals surface area contributed by atoms with E-state index in [1.807, 2.05) is 0 Å². The van der Waals surface area contributed by atoms with E-state index in [0.29, 0.717) is 0 Å². The van der Waals surface area contributed by atoms with E-state index in [1.165, 1.54) is 23.5 Å². The normalized spacial score (nSPS) is 15.1. The second kappa shape index (κ2) is 12.7.